The average molecular weight is 371 g/mol. The van der Waals surface area contributed by atoms with Gasteiger partial charge in [-0.25, -0.2) is 0 Å². The zero-order valence-corrected chi connectivity index (χ0v) is 14.9. The predicted molar refractivity (Wildman–Crippen MR) is 91.5 cm³/mol. The third kappa shape index (κ3) is 5.54. The van der Waals surface area contributed by atoms with E-state index < -0.39 is 11.7 Å². The van der Waals surface area contributed by atoms with Crippen LogP contribution in [0.15, 0.2) is 35.5 Å². The molecule has 0 aliphatic heterocycles. The molecule has 0 fully saturated rings. The Balaban J connectivity index is 2.32. The molecule has 0 saturated heterocycles. The van der Waals surface area contributed by atoms with Crippen molar-refractivity contribution in [3.63, 3.8) is 0 Å². The molecule has 8 heteroatoms. The van der Waals surface area contributed by atoms with Crippen molar-refractivity contribution in [2.24, 2.45) is 4.99 Å². The highest BCUT2D eigenvalue weighted by Gasteiger charge is 2.30. The van der Waals surface area contributed by atoms with Crippen LogP contribution in [0.5, 0.6) is 0 Å². The lowest BCUT2D eigenvalue weighted by molar-refractivity contribution is -0.137. The highest BCUT2D eigenvalue weighted by molar-refractivity contribution is 7.09. The predicted octanol–water partition coefficient (Wildman–Crippen LogP) is 3.89. The Morgan fingerprint density at radius 2 is 1.96 bits per heavy atom. The zero-order valence-electron chi connectivity index (χ0n) is 14.1. The van der Waals surface area contributed by atoms with Crippen LogP contribution in [-0.4, -0.2) is 17.0 Å². The molecule has 136 valence electrons. The summed E-state index contributed by atoms with van der Waals surface area (Å²) in [4.78, 5) is 16.7. The lowest BCUT2D eigenvalue weighted by Crippen LogP contribution is -2.14. The second-order valence-electron chi connectivity index (χ2n) is 5.56. The van der Waals surface area contributed by atoms with Gasteiger partial charge in [0.15, 0.2) is 4.80 Å². The van der Waals surface area contributed by atoms with Crippen molar-refractivity contribution < 1.29 is 18.0 Å². The molecule has 0 spiro atoms. The standard InChI is InChI=1S/C17H20F3N3OS/c1-3-4-9-21-10-15-11-23(16(25-15)22-12(2)24)14-7-5-13(6-8-14)17(18,19)20/h5-8,11,21H,3-4,9-10H2,1-2H3/b22-16-. The van der Waals surface area contributed by atoms with Crippen LogP contribution in [0.4, 0.5) is 13.2 Å². The van der Waals surface area contributed by atoms with E-state index in [1.54, 1.807) is 10.8 Å². The van der Waals surface area contributed by atoms with Gasteiger partial charge in [-0.3, -0.25) is 9.36 Å². The number of hydrogen-bond donors (Lipinski definition) is 1. The summed E-state index contributed by atoms with van der Waals surface area (Å²) in [6.07, 6.45) is -0.421. The van der Waals surface area contributed by atoms with Crippen molar-refractivity contribution in [3.05, 3.63) is 45.7 Å². The second kappa shape index (κ2) is 8.44. The topological polar surface area (TPSA) is 46.4 Å². The highest BCUT2D eigenvalue weighted by atomic mass is 32.1. The maximum Gasteiger partial charge on any atom is 0.416 e. The van der Waals surface area contributed by atoms with Gasteiger partial charge in [0.05, 0.1) is 5.56 Å². The smallest absolute Gasteiger partial charge is 0.312 e. The van der Waals surface area contributed by atoms with Crippen LogP contribution in [0.3, 0.4) is 0 Å². The fraction of sp³-hybridized carbons (Fsp3) is 0.412. The van der Waals surface area contributed by atoms with Crippen LogP contribution in [0.25, 0.3) is 5.69 Å². The monoisotopic (exact) mass is 371 g/mol. The molecular weight excluding hydrogens is 351 g/mol. The van der Waals surface area contributed by atoms with E-state index in [0.29, 0.717) is 17.0 Å². The van der Waals surface area contributed by atoms with E-state index >= 15 is 0 Å². The molecule has 2 rings (SSSR count). The Hall–Kier alpha value is -1.93. The fourth-order valence-electron chi connectivity index (χ4n) is 2.19. The fourth-order valence-corrected chi connectivity index (χ4v) is 3.19. The number of benzene rings is 1. The Labute approximate surface area is 148 Å². The summed E-state index contributed by atoms with van der Waals surface area (Å²) in [5.41, 5.74) is -0.178. The molecule has 1 aromatic carbocycles. The summed E-state index contributed by atoms with van der Waals surface area (Å²) in [7, 11) is 0. The molecule has 2 aromatic rings. The number of nitrogens with one attached hydrogen (secondary N) is 1. The minimum Gasteiger partial charge on any atom is -0.312 e. The summed E-state index contributed by atoms with van der Waals surface area (Å²) < 4.78 is 39.8. The molecule has 0 radical (unpaired) electrons. The summed E-state index contributed by atoms with van der Waals surface area (Å²) >= 11 is 1.34. The molecule has 0 bridgehead atoms. The van der Waals surface area contributed by atoms with Crippen LogP contribution in [0.1, 0.15) is 37.1 Å². The van der Waals surface area contributed by atoms with Crippen LogP contribution in [-0.2, 0) is 17.5 Å². The minimum absolute atomic E-state index is 0.354. The first kappa shape index (κ1) is 19.4. The lowest BCUT2D eigenvalue weighted by Gasteiger charge is -2.08. The van der Waals surface area contributed by atoms with Crippen molar-refractivity contribution in [1.29, 1.82) is 0 Å². The molecule has 1 heterocycles. The number of carbonyl (C=O) groups excluding carboxylic acids is 1. The van der Waals surface area contributed by atoms with Crippen LogP contribution in [0, 0.1) is 0 Å². The van der Waals surface area contributed by atoms with Gasteiger partial charge in [-0.2, -0.15) is 18.2 Å². The van der Waals surface area contributed by atoms with Gasteiger partial charge in [0.1, 0.15) is 0 Å². The third-order valence-corrected chi connectivity index (χ3v) is 4.42. The van der Waals surface area contributed by atoms with Crippen molar-refractivity contribution >= 4 is 17.2 Å². The number of thiazole rings is 1. The molecule has 4 nitrogen and oxygen atoms in total. The summed E-state index contributed by atoms with van der Waals surface area (Å²) in [5.74, 6) is -0.354. The minimum atomic E-state index is -4.38. The van der Waals surface area contributed by atoms with Gasteiger partial charge in [0, 0.05) is 30.2 Å². The van der Waals surface area contributed by atoms with Gasteiger partial charge in [-0.1, -0.05) is 24.7 Å². The largest absolute Gasteiger partial charge is 0.416 e. The number of nitrogens with zero attached hydrogens (tertiary/aromatic N) is 2. The first-order valence-corrected chi connectivity index (χ1v) is 8.78. The van der Waals surface area contributed by atoms with E-state index in [1.807, 2.05) is 0 Å². The Morgan fingerprint density at radius 3 is 2.52 bits per heavy atom. The molecule has 1 aromatic heterocycles. The van der Waals surface area contributed by atoms with Gasteiger partial charge in [-0.05, 0) is 37.2 Å². The van der Waals surface area contributed by atoms with Crippen LogP contribution >= 0.6 is 11.3 Å². The first-order chi connectivity index (χ1) is 11.8. The molecule has 0 aliphatic rings. The van der Waals surface area contributed by atoms with E-state index in [-0.39, 0.29) is 5.91 Å². The van der Waals surface area contributed by atoms with Gasteiger partial charge in [0.25, 0.3) is 0 Å². The van der Waals surface area contributed by atoms with Gasteiger partial charge in [0.2, 0.25) is 5.91 Å². The number of alkyl halides is 3. The Morgan fingerprint density at radius 1 is 1.28 bits per heavy atom. The number of hydrogen-bond acceptors (Lipinski definition) is 3. The van der Waals surface area contributed by atoms with Crippen molar-refractivity contribution in [3.8, 4) is 5.69 Å². The maximum atomic E-state index is 12.7. The molecule has 0 unspecified atom stereocenters. The lowest BCUT2D eigenvalue weighted by atomic mass is 10.2. The number of amides is 1. The normalized spacial score (nSPS) is 12.6. The molecule has 0 aliphatic carbocycles. The zero-order chi connectivity index (χ0) is 18.4. The molecule has 1 N–H and O–H groups in total. The number of halogens is 3. The Kier molecular flexibility index (Phi) is 6.55. The number of aromatic nitrogens is 1. The first-order valence-electron chi connectivity index (χ1n) is 7.96. The average Bonchev–Trinajstić information content (AvgIpc) is 2.93. The molecule has 25 heavy (non-hydrogen) atoms. The van der Waals surface area contributed by atoms with Gasteiger partial charge >= 0.3 is 6.18 Å². The summed E-state index contributed by atoms with van der Waals surface area (Å²) in [6.45, 7) is 4.96. The van der Waals surface area contributed by atoms with Crippen molar-refractivity contribution in [2.45, 2.75) is 39.4 Å². The maximum absolute atomic E-state index is 12.7. The van der Waals surface area contributed by atoms with Crippen molar-refractivity contribution in [1.82, 2.24) is 9.88 Å². The molecular formula is C17H20F3N3OS. The van der Waals surface area contributed by atoms with E-state index in [2.05, 4.69) is 17.2 Å². The third-order valence-electron chi connectivity index (χ3n) is 3.43. The summed E-state index contributed by atoms with van der Waals surface area (Å²) in [6, 6.07) is 4.80. The SMILES string of the molecule is CCCCNCc1cn(-c2ccc(C(F)(F)F)cc2)/c(=N/C(C)=O)s1. The van der Waals surface area contributed by atoms with E-state index in [9.17, 15) is 18.0 Å². The number of carbonyl (C=O) groups is 1. The van der Waals surface area contributed by atoms with E-state index in [0.717, 1.165) is 36.4 Å². The Bertz CT molecular complexity index is 776. The van der Waals surface area contributed by atoms with Gasteiger partial charge < -0.3 is 5.32 Å². The van der Waals surface area contributed by atoms with Gasteiger partial charge in [-0.15, -0.1) is 0 Å². The van der Waals surface area contributed by atoms with E-state index in [4.69, 9.17) is 0 Å². The molecule has 0 saturated carbocycles. The van der Waals surface area contributed by atoms with E-state index in [1.165, 1.54) is 30.4 Å². The van der Waals surface area contributed by atoms with Crippen LogP contribution in [0.2, 0.25) is 0 Å². The molecule has 0 atom stereocenters. The second-order valence-corrected chi connectivity index (χ2v) is 6.65. The van der Waals surface area contributed by atoms with Crippen molar-refractivity contribution in [2.75, 3.05) is 6.54 Å². The molecule has 1 amide bonds. The number of unbranched alkanes of at least 4 members (excludes halogenated alkanes) is 1. The quantitative estimate of drug-likeness (QED) is 0.783. The summed E-state index contributed by atoms with van der Waals surface area (Å²) in [5, 5.41) is 3.30. The van der Waals surface area contributed by atoms with Crippen LogP contribution < -0.4 is 10.1 Å². The number of rotatable bonds is 6. The highest BCUT2D eigenvalue weighted by Crippen LogP contribution is 2.29.